The van der Waals surface area contributed by atoms with E-state index in [0.717, 1.165) is 29.7 Å². The molecule has 0 amide bonds. The third-order valence-corrected chi connectivity index (χ3v) is 4.14. The third-order valence-electron chi connectivity index (χ3n) is 4.14. The average Bonchev–Trinajstić information content (AvgIpc) is 2.55. The van der Waals surface area contributed by atoms with E-state index in [0.29, 0.717) is 12.0 Å². The number of hydrogen-bond acceptors (Lipinski definition) is 4. The Bertz CT molecular complexity index is 691. The standard InChI is InChI=1S/C19H26N4/c1-14(2)21-18-16-10-6-7-11-17(16)22-19(23-18)20-13-12-15-8-4-3-5-9-15/h6-8,10-11,14H,3-5,9,12-13H2,1-2H3,(H2,20,21,22,23). The van der Waals surface area contributed by atoms with E-state index in [1.54, 1.807) is 5.57 Å². The first-order valence-electron chi connectivity index (χ1n) is 8.67. The second-order valence-corrected chi connectivity index (χ2v) is 6.50. The Kier molecular flexibility index (Phi) is 5.11. The van der Waals surface area contributed by atoms with Gasteiger partial charge in [-0.1, -0.05) is 23.8 Å². The first-order chi connectivity index (χ1) is 11.2. The van der Waals surface area contributed by atoms with Crippen LogP contribution in [0.25, 0.3) is 10.9 Å². The molecule has 0 spiro atoms. The summed E-state index contributed by atoms with van der Waals surface area (Å²) < 4.78 is 0. The van der Waals surface area contributed by atoms with Gasteiger partial charge in [-0.25, -0.2) is 4.98 Å². The van der Waals surface area contributed by atoms with Gasteiger partial charge in [0, 0.05) is 18.0 Å². The molecule has 4 nitrogen and oxygen atoms in total. The highest BCUT2D eigenvalue weighted by atomic mass is 15.1. The van der Waals surface area contributed by atoms with Crippen LogP contribution in [0.2, 0.25) is 0 Å². The summed E-state index contributed by atoms with van der Waals surface area (Å²) in [7, 11) is 0. The lowest BCUT2D eigenvalue weighted by Crippen LogP contribution is -2.14. The van der Waals surface area contributed by atoms with Crippen LogP contribution in [0.15, 0.2) is 35.9 Å². The molecule has 0 saturated heterocycles. The predicted octanol–water partition coefficient (Wildman–Crippen LogP) is 4.75. The minimum Gasteiger partial charge on any atom is -0.367 e. The van der Waals surface area contributed by atoms with Gasteiger partial charge in [0.25, 0.3) is 0 Å². The molecule has 0 fully saturated rings. The number of hydrogen-bond donors (Lipinski definition) is 2. The second-order valence-electron chi connectivity index (χ2n) is 6.50. The molecule has 1 aromatic carbocycles. The van der Waals surface area contributed by atoms with Crippen molar-refractivity contribution in [2.75, 3.05) is 17.2 Å². The molecule has 1 heterocycles. The molecule has 122 valence electrons. The summed E-state index contributed by atoms with van der Waals surface area (Å²) in [5.74, 6) is 1.62. The van der Waals surface area contributed by atoms with Crippen molar-refractivity contribution in [1.29, 1.82) is 0 Å². The molecule has 4 heteroatoms. The molecule has 0 radical (unpaired) electrons. The number of anilines is 2. The van der Waals surface area contributed by atoms with E-state index in [1.165, 1.54) is 25.7 Å². The van der Waals surface area contributed by atoms with E-state index >= 15 is 0 Å². The molecule has 0 aliphatic heterocycles. The summed E-state index contributed by atoms with van der Waals surface area (Å²) in [5, 5.41) is 7.89. The van der Waals surface area contributed by atoms with Gasteiger partial charge in [-0.15, -0.1) is 0 Å². The normalized spacial score (nSPS) is 14.8. The van der Waals surface area contributed by atoms with Gasteiger partial charge in [-0.05, 0) is 58.1 Å². The Balaban J connectivity index is 1.73. The van der Waals surface area contributed by atoms with Crippen molar-refractivity contribution in [3.63, 3.8) is 0 Å². The van der Waals surface area contributed by atoms with E-state index in [-0.39, 0.29) is 0 Å². The maximum atomic E-state index is 4.67. The molecule has 1 aromatic heterocycles. The molecule has 23 heavy (non-hydrogen) atoms. The van der Waals surface area contributed by atoms with Crippen LogP contribution < -0.4 is 10.6 Å². The number of nitrogens with zero attached hydrogens (tertiary/aromatic N) is 2. The highest BCUT2D eigenvalue weighted by Crippen LogP contribution is 2.23. The molecule has 1 aliphatic carbocycles. The third kappa shape index (κ3) is 4.21. The predicted molar refractivity (Wildman–Crippen MR) is 98.0 cm³/mol. The summed E-state index contributed by atoms with van der Waals surface area (Å²) in [6, 6.07) is 8.49. The first kappa shape index (κ1) is 15.8. The fraction of sp³-hybridized carbons (Fsp3) is 0.474. The van der Waals surface area contributed by atoms with Crippen LogP contribution >= 0.6 is 0 Å². The number of para-hydroxylation sites is 1. The minimum absolute atomic E-state index is 0.341. The van der Waals surface area contributed by atoms with E-state index in [2.05, 4.69) is 46.6 Å². The molecule has 1 aliphatic rings. The van der Waals surface area contributed by atoms with Crippen molar-refractivity contribution < 1.29 is 0 Å². The second kappa shape index (κ2) is 7.44. The van der Waals surface area contributed by atoms with Crippen molar-refractivity contribution in [3.8, 4) is 0 Å². The summed E-state index contributed by atoms with van der Waals surface area (Å²) in [6.07, 6.45) is 8.65. The largest absolute Gasteiger partial charge is 0.367 e. The summed E-state index contributed by atoms with van der Waals surface area (Å²) >= 11 is 0. The highest BCUT2D eigenvalue weighted by molar-refractivity contribution is 5.90. The fourth-order valence-electron chi connectivity index (χ4n) is 3.01. The van der Waals surface area contributed by atoms with Gasteiger partial charge in [0.1, 0.15) is 5.82 Å². The van der Waals surface area contributed by atoms with Crippen molar-refractivity contribution in [1.82, 2.24) is 9.97 Å². The number of rotatable bonds is 6. The molecule has 2 aromatic rings. The van der Waals surface area contributed by atoms with Crippen molar-refractivity contribution in [2.24, 2.45) is 0 Å². The number of aromatic nitrogens is 2. The summed E-state index contributed by atoms with van der Waals surface area (Å²) in [4.78, 5) is 9.32. The van der Waals surface area contributed by atoms with Gasteiger partial charge >= 0.3 is 0 Å². The summed E-state index contributed by atoms with van der Waals surface area (Å²) in [5.41, 5.74) is 2.55. The molecule has 2 N–H and O–H groups in total. The van der Waals surface area contributed by atoms with E-state index in [9.17, 15) is 0 Å². The van der Waals surface area contributed by atoms with Gasteiger partial charge in [-0.2, -0.15) is 4.98 Å². The molecule has 0 bridgehead atoms. The summed E-state index contributed by atoms with van der Waals surface area (Å²) in [6.45, 7) is 5.14. The molecule has 0 saturated carbocycles. The van der Waals surface area contributed by atoms with Gasteiger partial charge < -0.3 is 10.6 Å². The van der Waals surface area contributed by atoms with E-state index in [4.69, 9.17) is 0 Å². The number of fused-ring (bicyclic) bond motifs is 1. The zero-order chi connectivity index (χ0) is 16.1. The van der Waals surface area contributed by atoms with Crippen molar-refractivity contribution in [2.45, 2.75) is 52.0 Å². The minimum atomic E-state index is 0.341. The van der Waals surface area contributed by atoms with E-state index in [1.807, 2.05) is 18.2 Å². The lowest BCUT2D eigenvalue weighted by atomic mass is 9.97. The van der Waals surface area contributed by atoms with Crippen LogP contribution in [0, 0.1) is 0 Å². The van der Waals surface area contributed by atoms with Gasteiger partial charge in [-0.3, -0.25) is 0 Å². The molecule has 0 unspecified atom stereocenters. The molecule has 0 atom stereocenters. The lowest BCUT2D eigenvalue weighted by molar-refractivity contribution is 0.679. The topological polar surface area (TPSA) is 49.8 Å². The monoisotopic (exact) mass is 310 g/mol. The lowest BCUT2D eigenvalue weighted by Gasteiger charge is -2.15. The Morgan fingerprint density at radius 3 is 2.78 bits per heavy atom. The van der Waals surface area contributed by atoms with Gasteiger partial charge in [0.2, 0.25) is 5.95 Å². The highest BCUT2D eigenvalue weighted by Gasteiger charge is 2.09. The average molecular weight is 310 g/mol. The number of nitrogens with one attached hydrogen (secondary N) is 2. The SMILES string of the molecule is CC(C)Nc1nc(NCCC2=CCCCC2)nc2ccccc12. The maximum absolute atomic E-state index is 4.67. The van der Waals surface area contributed by atoms with Crippen LogP contribution in [0.4, 0.5) is 11.8 Å². The van der Waals surface area contributed by atoms with Crippen LogP contribution in [0.3, 0.4) is 0 Å². The van der Waals surface area contributed by atoms with Gasteiger partial charge in [0.05, 0.1) is 5.52 Å². The smallest absolute Gasteiger partial charge is 0.225 e. The Hall–Kier alpha value is -2.10. The molecule has 3 rings (SSSR count). The molecular weight excluding hydrogens is 284 g/mol. The molecular formula is C19H26N4. The Morgan fingerprint density at radius 2 is 2.00 bits per heavy atom. The zero-order valence-corrected chi connectivity index (χ0v) is 14.1. The quantitative estimate of drug-likeness (QED) is 0.756. The fourth-order valence-corrected chi connectivity index (χ4v) is 3.01. The maximum Gasteiger partial charge on any atom is 0.225 e. The van der Waals surface area contributed by atoms with Crippen molar-refractivity contribution >= 4 is 22.7 Å². The first-order valence-corrected chi connectivity index (χ1v) is 8.67. The number of benzene rings is 1. The van der Waals surface area contributed by atoms with E-state index < -0.39 is 0 Å². The van der Waals surface area contributed by atoms with Crippen molar-refractivity contribution in [3.05, 3.63) is 35.9 Å². The van der Waals surface area contributed by atoms with Crippen LogP contribution in [0.1, 0.15) is 46.0 Å². The number of allylic oxidation sites excluding steroid dienone is 1. The zero-order valence-electron chi connectivity index (χ0n) is 14.1. The van der Waals surface area contributed by atoms with Gasteiger partial charge in [0.15, 0.2) is 0 Å². The van der Waals surface area contributed by atoms with Crippen LogP contribution in [-0.2, 0) is 0 Å². The Morgan fingerprint density at radius 1 is 1.13 bits per heavy atom. The van der Waals surface area contributed by atoms with Crippen LogP contribution in [-0.4, -0.2) is 22.6 Å². The van der Waals surface area contributed by atoms with Crippen LogP contribution in [0.5, 0.6) is 0 Å². The Labute approximate surface area is 138 Å².